The van der Waals surface area contributed by atoms with Gasteiger partial charge in [-0.1, -0.05) is 18.1 Å². The van der Waals surface area contributed by atoms with Crippen molar-refractivity contribution in [1.29, 1.82) is 0 Å². The van der Waals surface area contributed by atoms with E-state index in [1.807, 2.05) is 0 Å². The molecular weight excluding hydrogens is 427 g/mol. The van der Waals surface area contributed by atoms with Gasteiger partial charge < -0.3 is 19.5 Å². The molecular formula is C22H22F3N3O4. The number of halogens is 3. The number of aryl methyl sites for hydroxylation is 1. The van der Waals surface area contributed by atoms with Crippen LogP contribution in [0, 0.1) is 26.2 Å². The number of esters is 1. The minimum absolute atomic E-state index is 0.00549. The van der Waals surface area contributed by atoms with E-state index >= 15 is 0 Å². The number of carbonyl (C=O) groups is 1. The maximum Gasteiger partial charge on any atom is 0.416 e. The number of hydrogen-bond acceptors (Lipinski definition) is 7. The number of nitrogens with one attached hydrogen (secondary N) is 1. The van der Waals surface area contributed by atoms with Crippen LogP contribution in [0.5, 0.6) is 0 Å². The van der Waals surface area contributed by atoms with Crippen LogP contribution in [-0.2, 0) is 31.6 Å². The van der Waals surface area contributed by atoms with Gasteiger partial charge in [-0.3, -0.25) is 4.79 Å². The van der Waals surface area contributed by atoms with E-state index in [2.05, 4.69) is 21.2 Å². The summed E-state index contributed by atoms with van der Waals surface area (Å²) in [6.07, 6.45) is 0.138. The highest BCUT2D eigenvalue weighted by molar-refractivity contribution is 5.73. The third-order valence-corrected chi connectivity index (χ3v) is 4.97. The monoisotopic (exact) mass is 449 g/mol. The second kappa shape index (κ2) is 9.54. The summed E-state index contributed by atoms with van der Waals surface area (Å²) in [5.74, 6) is 2.49. The molecule has 3 rings (SSSR count). The number of ether oxygens (including phenoxy) is 3. The van der Waals surface area contributed by atoms with Crippen molar-refractivity contribution in [2.45, 2.75) is 38.8 Å². The van der Waals surface area contributed by atoms with E-state index in [9.17, 15) is 18.0 Å². The first kappa shape index (κ1) is 23.5. The lowest BCUT2D eigenvalue weighted by Crippen LogP contribution is -2.20. The Balaban J connectivity index is 2.07. The summed E-state index contributed by atoms with van der Waals surface area (Å²) in [5, 5.41) is 3.02. The fourth-order valence-corrected chi connectivity index (χ4v) is 3.48. The number of hydrogen-bond donors (Lipinski definition) is 1. The molecule has 0 radical (unpaired) electrons. The number of aromatic nitrogens is 2. The van der Waals surface area contributed by atoms with E-state index in [4.69, 9.17) is 20.6 Å². The molecule has 0 aliphatic carbocycles. The largest absolute Gasteiger partial charge is 0.469 e. The van der Waals surface area contributed by atoms with Gasteiger partial charge in [-0.2, -0.15) is 13.2 Å². The molecule has 1 aliphatic rings. The van der Waals surface area contributed by atoms with Gasteiger partial charge in [0.05, 0.1) is 43.6 Å². The van der Waals surface area contributed by atoms with Crippen molar-refractivity contribution in [2.75, 3.05) is 25.6 Å². The SMILES string of the molecule is C#CC(Nc1nc(C)nc(CC(=O)OC)c1C1OCCO1)c1cccc(C(F)(F)F)c1C. The van der Waals surface area contributed by atoms with Crippen molar-refractivity contribution < 1.29 is 32.2 Å². The Morgan fingerprint density at radius 3 is 2.59 bits per heavy atom. The van der Waals surface area contributed by atoms with Crippen molar-refractivity contribution in [3.05, 3.63) is 52.0 Å². The first-order valence-electron chi connectivity index (χ1n) is 9.72. The van der Waals surface area contributed by atoms with Gasteiger partial charge >= 0.3 is 12.1 Å². The molecule has 0 saturated carbocycles. The summed E-state index contributed by atoms with van der Waals surface area (Å²) < 4.78 is 56.1. The van der Waals surface area contributed by atoms with E-state index in [1.54, 1.807) is 6.92 Å². The lowest BCUT2D eigenvalue weighted by molar-refractivity contribution is -0.140. The maximum atomic E-state index is 13.4. The molecule has 0 spiro atoms. The minimum Gasteiger partial charge on any atom is -0.469 e. The molecule has 1 aliphatic heterocycles. The average molecular weight is 449 g/mol. The standard InChI is InChI=1S/C22H22F3N3O4/c1-5-16(14-7-6-8-15(12(14)2)22(23,24)25)28-20-19(21-31-9-10-32-21)17(11-18(29)30-4)26-13(3)27-20/h1,6-8,16,21H,9-11H2,2-4H3,(H,26,27,28). The summed E-state index contributed by atoms with van der Waals surface area (Å²) in [7, 11) is 1.25. The Hall–Kier alpha value is -3.16. The number of alkyl halides is 3. The van der Waals surface area contributed by atoms with Gasteiger partial charge in [0.2, 0.25) is 0 Å². The number of methoxy groups -OCH3 is 1. The maximum absolute atomic E-state index is 13.4. The second-order valence-corrected chi connectivity index (χ2v) is 7.07. The van der Waals surface area contributed by atoms with Crippen LogP contribution in [0.2, 0.25) is 0 Å². The molecule has 10 heteroatoms. The van der Waals surface area contributed by atoms with Crippen molar-refractivity contribution in [3.63, 3.8) is 0 Å². The lowest BCUT2D eigenvalue weighted by Gasteiger charge is -2.23. The van der Waals surface area contributed by atoms with Crippen LogP contribution in [-0.4, -0.2) is 36.3 Å². The molecule has 7 nitrogen and oxygen atoms in total. The Labute approximate surface area is 183 Å². The fourth-order valence-electron chi connectivity index (χ4n) is 3.48. The molecule has 2 heterocycles. The summed E-state index contributed by atoms with van der Waals surface area (Å²) >= 11 is 0. The van der Waals surface area contributed by atoms with Gasteiger partial charge in [0.25, 0.3) is 0 Å². The molecule has 1 aromatic heterocycles. The molecule has 32 heavy (non-hydrogen) atoms. The van der Waals surface area contributed by atoms with Crippen LogP contribution < -0.4 is 5.32 Å². The molecule has 0 bridgehead atoms. The topological polar surface area (TPSA) is 82.6 Å². The summed E-state index contributed by atoms with van der Waals surface area (Å²) in [4.78, 5) is 20.6. The number of carbonyl (C=O) groups excluding carboxylic acids is 1. The van der Waals surface area contributed by atoms with Crippen LogP contribution in [0.4, 0.5) is 19.0 Å². The fraction of sp³-hybridized carbons (Fsp3) is 0.409. The third-order valence-electron chi connectivity index (χ3n) is 4.97. The second-order valence-electron chi connectivity index (χ2n) is 7.07. The number of anilines is 1. The highest BCUT2D eigenvalue weighted by atomic mass is 19.4. The van der Waals surface area contributed by atoms with E-state index < -0.39 is 30.0 Å². The molecule has 0 amide bonds. The molecule has 2 aromatic rings. The van der Waals surface area contributed by atoms with Crippen molar-refractivity contribution in [2.24, 2.45) is 0 Å². The first-order chi connectivity index (χ1) is 15.2. The zero-order valence-electron chi connectivity index (χ0n) is 17.7. The third kappa shape index (κ3) is 5.00. The van der Waals surface area contributed by atoms with Gasteiger partial charge in [0.1, 0.15) is 17.7 Å². The zero-order chi connectivity index (χ0) is 23.5. The van der Waals surface area contributed by atoms with Crippen LogP contribution in [0.1, 0.15) is 46.1 Å². The Kier molecular flexibility index (Phi) is 7.01. The molecule has 1 N–H and O–H groups in total. The average Bonchev–Trinajstić information content (AvgIpc) is 3.25. The molecule has 1 fully saturated rings. The summed E-state index contributed by atoms with van der Waals surface area (Å²) in [5.41, 5.74) is 0.168. The smallest absolute Gasteiger partial charge is 0.416 e. The number of rotatable bonds is 6. The highest BCUT2D eigenvalue weighted by Gasteiger charge is 2.34. The molecule has 1 atom stereocenters. The molecule has 1 aromatic carbocycles. The van der Waals surface area contributed by atoms with Crippen molar-refractivity contribution >= 4 is 11.8 Å². The molecule has 170 valence electrons. The normalized spacial score (nSPS) is 15.3. The highest BCUT2D eigenvalue weighted by Crippen LogP contribution is 2.37. The lowest BCUT2D eigenvalue weighted by atomic mass is 9.96. The van der Waals surface area contributed by atoms with Crippen LogP contribution >= 0.6 is 0 Å². The predicted octanol–water partition coefficient (Wildman–Crippen LogP) is 3.66. The zero-order valence-corrected chi connectivity index (χ0v) is 17.7. The van der Waals surface area contributed by atoms with Gasteiger partial charge in [-0.25, -0.2) is 9.97 Å². The molecule has 1 saturated heterocycles. The van der Waals surface area contributed by atoms with Crippen LogP contribution in [0.15, 0.2) is 18.2 Å². The van der Waals surface area contributed by atoms with E-state index in [0.29, 0.717) is 30.3 Å². The number of terminal acetylenes is 1. The minimum atomic E-state index is -4.52. The number of benzene rings is 1. The Morgan fingerprint density at radius 2 is 2.00 bits per heavy atom. The van der Waals surface area contributed by atoms with Gasteiger partial charge in [0, 0.05) is 0 Å². The first-order valence-corrected chi connectivity index (χ1v) is 9.72. The van der Waals surface area contributed by atoms with Gasteiger partial charge in [-0.15, -0.1) is 6.42 Å². The van der Waals surface area contributed by atoms with Gasteiger partial charge in [-0.05, 0) is 31.0 Å². The van der Waals surface area contributed by atoms with E-state index in [-0.39, 0.29) is 23.4 Å². The summed E-state index contributed by atoms with van der Waals surface area (Å²) in [6, 6.07) is 2.88. The summed E-state index contributed by atoms with van der Waals surface area (Å²) in [6.45, 7) is 3.62. The van der Waals surface area contributed by atoms with Crippen molar-refractivity contribution in [3.8, 4) is 12.3 Å². The predicted molar refractivity (Wildman–Crippen MR) is 109 cm³/mol. The van der Waals surface area contributed by atoms with E-state index in [1.165, 1.54) is 26.2 Å². The Morgan fingerprint density at radius 1 is 1.31 bits per heavy atom. The molecule has 1 unspecified atom stereocenters. The van der Waals surface area contributed by atoms with Gasteiger partial charge in [0.15, 0.2) is 6.29 Å². The Bertz CT molecular complexity index is 1040. The van der Waals surface area contributed by atoms with Crippen molar-refractivity contribution in [1.82, 2.24) is 9.97 Å². The quantitative estimate of drug-likeness (QED) is 0.532. The van der Waals surface area contributed by atoms with Crippen LogP contribution in [0.3, 0.4) is 0 Å². The van der Waals surface area contributed by atoms with E-state index in [0.717, 1.165) is 6.07 Å². The van der Waals surface area contributed by atoms with Crippen LogP contribution in [0.25, 0.3) is 0 Å². The number of nitrogens with zero attached hydrogens (tertiary/aromatic N) is 2.